The molecule has 0 aromatic carbocycles. The molecule has 0 saturated heterocycles. The van der Waals surface area contributed by atoms with E-state index in [-0.39, 0.29) is 17.9 Å². The van der Waals surface area contributed by atoms with Crippen LogP contribution in [0.3, 0.4) is 0 Å². The van der Waals surface area contributed by atoms with Crippen LogP contribution < -0.4 is 10.9 Å². The van der Waals surface area contributed by atoms with Gasteiger partial charge in [0, 0.05) is 41.8 Å². The largest absolute Gasteiger partial charge is 0.427 e. The number of nitrogens with zero attached hydrogens (tertiary/aromatic N) is 1. The van der Waals surface area contributed by atoms with E-state index >= 15 is 0 Å². The number of carbonyl (C=O) groups excluding carboxylic acids is 2. The van der Waals surface area contributed by atoms with Gasteiger partial charge in [0.1, 0.15) is 11.3 Å². The smallest absolute Gasteiger partial charge is 0.348 e. The van der Waals surface area contributed by atoms with Crippen molar-refractivity contribution in [1.82, 2.24) is 15.3 Å². The number of hydrogen-bond donors (Lipinski definition) is 2. The second-order valence-corrected chi connectivity index (χ2v) is 6.00. The molecule has 126 valence electrons. The van der Waals surface area contributed by atoms with Crippen molar-refractivity contribution < 1.29 is 14.0 Å². The first kappa shape index (κ1) is 15.3. The minimum absolute atomic E-state index is 0.0952. The monoisotopic (exact) mass is 337 g/mol. The van der Waals surface area contributed by atoms with Gasteiger partial charge in [0.2, 0.25) is 0 Å². The predicted molar refractivity (Wildman–Crippen MR) is 89.5 cm³/mol. The number of aryl methyl sites for hydroxylation is 1. The van der Waals surface area contributed by atoms with Gasteiger partial charge in [-0.1, -0.05) is 0 Å². The summed E-state index contributed by atoms with van der Waals surface area (Å²) in [6.07, 6.45) is 5.01. The highest BCUT2D eigenvalue weighted by molar-refractivity contribution is 6.01. The van der Waals surface area contributed by atoms with E-state index in [2.05, 4.69) is 15.3 Å². The lowest BCUT2D eigenvalue weighted by Gasteiger charge is -2.13. The van der Waals surface area contributed by atoms with Crippen LogP contribution in [0.2, 0.25) is 0 Å². The van der Waals surface area contributed by atoms with E-state index in [1.165, 1.54) is 6.07 Å². The van der Waals surface area contributed by atoms with Crippen LogP contribution in [0.25, 0.3) is 10.9 Å². The molecule has 0 spiro atoms. The number of fused-ring (bicyclic) bond motifs is 2. The zero-order chi connectivity index (χ0) is 17.4. The fourth-order valence-corrected chi connectivity index (χ4v) is 3.03. The number of aromatic amines is 1. The van der Waals surface area contributed by atoms with Gasteiger partial charge in [0.05, 0.1) is 12.1 Å². The Balaban J connectivity index is 1.55. The van der Waals surface area contributed by atoms with Crippen LogP contribution in [0, 0.1) is 0 Å². The van der Waals surface area contributed by atoms with Crippen LogP contribution in [-0.2, 0) is 13.0 Å². The number of aromatic nitrogens is 2. The molecule has 7 nitrogen and oxygen atoms in total. The molecule has 25 heavy (non-hydrogen) atoms. The molecule has 0 bridgehead atoms. The third-order valence-electron chi connectivity index (χ3n) is 4.29. The summed E-state index contributed by atoms with van der Waals surface area (Å²) in [7, 11) is 0. The van der Waals surface area contributed by atoms with Crippen LogP contribution in [0.4, 0.5) is 0 Å². The van der Waals surface area contributed by atoms with Crippen molar-refractivity contribution in [3.63, 3.8) is 0 Å². The van der Waals surface area contributed by atoms with Crippen LogP contribution in [-0.4, -0.2) is 21.7 Å². The maximum atomic E-state index is 12.3. The average Bonchev–Trinajstić information content (AvgIpc) is 3.02. The van der Waals surface area contributed by atoms with Gasteiger partial charge in [-0.05, 0) is 24.6 Å². The number of nitrogens with one attached hydrogen (secondary N) is 2. The Labute approximate surface area is 142 Å². The number of ketones is 1. The first-order valence-corrected chi connectivity index (χ1v) is 8.02. The molecule has 0 radical (unpaired) electrons. The Morgan fingerprint density at radius 3 is 3.00 bits per heavy atom. The van der Waals surface area contributed by atoms with Gasteiger partial charge < -0.3 is 14.7 Å². The Morgan fingerprint density at radius 1 is 1.28 bits per heavy atom. The van der Waals surface area contributed by atoms with Crippen molar-refractivity contribution >= 4 is 22.6 Å². The van der Waals surface area contributed by atoms with Gasteiger partial charge in [0.15, 0.2) is 5.78 Å². The normalized spacial score (nSPS) is 13.7. The van der Waals surface area contributed by atoms with Crippen LogP contribution in [0.5, 0.6) is 0 Å². The Bertz CT molecular complexity index is 1010. The van der Waals surface area contributed by atoms with E-state index in [1.807, 2.05) is 12.1 Å². The van der Waals surface area contributed by atoms with Crippen molar-refractivity contribution in [2.24, 2.45) is 0 Å². The van der Waals surface area contributed by atoms with E-state index in [0.29, 0.717) is 30.6 Å². The SMILES string of the molecule is O=C1CCCc2oc(=O)c(C(=O)NCc3cc4cnccc4[nH]3)cc21. The minimum Gasteiger partial charge on any atom is -0.427 e. The molecule has 7 heteroatoms. The second kappa shape index (κ2) is 6.01. The molecule has 3 aromatic heterocycles. The first-order valence-electron chi connectivity index (χ1n) is 8.02. The second-order valence-electron chi connectivity index (χ2n) is 6.00. The van der Waals surface area contributed by atoms with Crippen molar-refractivity contribution in [2.45, 2.75) is 25.8 Å². The topological polar surface area (TPSA) is 105 Å². The molecule has 0 aliphatic heterocycles. The number of pyridine rings is 1. The highest BCUT2D eigenvalue weighted by Crippen LogP contribution is 2.20. The van der Waals surface area contributed by atoms with Crippen molar-refractivity contribution in [3.05, 3.63) is 63.6 Å². The average molecular weight is 337 g/mol. The molecule has 2 N–H and O–H groups in total. The molecule has 0 unspecified atom stereocenters. The molecule has 1 aliphatic rings. The molecule has 0 atom stereocenters. The summed E-state index contributed by atoms with van der Waals surface area (Å²) in [5, 5.41) is 3.61. The summed E-state index contributed by atoms with van der Waals surface area (Å²) in [6, 6.07) is 5.07. The number of rotatable bonds is 3. The molecular weight excluding hydrogens is 322 g/mol. The molecule has 4 rings (SSSR count). The lowest BCUT2D eigenvalue weighted by Crippen LogP contribution is -2.29. The van der Waals surface area contributed by atoms with Crippen LogP contribution in [0.1, 0.15) is 45.0 Å². The summed E-state index contributed by atoms with van der Waals surface area (Å²) < 4.78 is 5.17. The van der Waals surface area contributed by atoms with Crippen LogP contribution >= 0.6 is 0 Å². The zero-order valence-electron chi connectivity index (χ0n) is 13.3. The molecule has 3 heterocycles. The third-order valence-corrected chi connectivity index (χ3v) is 4.29. The predicted octanol–water partition coefficient (Wildman–Crippen LogP) is 1.97. The minimum atomic E-state index is -0.716. The Hall–Kier alpha value is -3.22. The van der Waals surface area contributed by atoms with Gasteiger partial charge in [-0.2, -0.15) is 0 Å². The zero-order valence-corrected chi connectivity index (χ0v) is 13.3. The van der Waals surface area contributed by atoms with Crippen molar-refractivity contribution in [3.8, 4) is 0 Å². The van der Waals surface area contributed by atoms with Gasteiger partial charge in [0.25, 0.3) is 5.91 Å². The number of H-pyrrole nitrogens is 1. The number of hydrogen-bond acceptors (Lipinski definition) is 5. The van der Waals surface area contributed by atoms with Gasteiger partial charge in [-0.25, -0.2) is 4.79 Å². The van der Waals surface area contributed by atoms with Gasteiger partial charge >= 0.3 is 5.63 Å². The summed E-state index contributed by atoms with van der Waals surface area (Å²) in [4.78, 5) is 43.5. The Morgan fingerprint density at radius 2 is 2.16 bits per heavy atom. The summed E-state index contributed by atoms with van der Waals surface area (Å²) in [5.74, 6) is -0.283. The van der Waals surface area contributed by atoms with Gasteiger partial charge in [-0.3, -0.25) is 14.6 Å². The van der Waals surface area contributed by atoms with Crippen molar-refractivity contribution in [1.29, 1.82) is 0 Å². The molecule has 0 saturated carbocycles. The summed E-state index contributed by atoms with van der Waals surface area (Å²) in [5.41, 5.74) is 1.18. The number of amides is 1. The number of Topliss-reactive ketones (excluding diaryl/α,β-unsaturated/α-hetero) is 1. The highest BCUT2D eigenvalue weighted by atomic mass is 16.4. The summed E-state index contributed by atoms with van der Waals surface area (Å²) >= 11 is 0. The fraction of sp³-hybridized carbons (Fsp3) is 0.222. The fourth-order valence-electron chi connectivity index (χ4n) is 3.03. The van der Waals surface area contributed by atoms with Crippen LogP contribution in [0.15, 0.2) is 39.8 Å². The number of carbonyl (C=O) groups is 2. The van der Waals surface area contributed by atoms with E-state index in [4.69, 9.17) is 4.42 Å². The maximum Gasteiger partial charge on any atom is 0.348 e. The van der Waals surface area contributed by atoms with E-state index in [9.17, 15) is 14.4 Å². The molecular formula is C18H15N3O4. The summed E-state index contributed by atoms with van der Waals surface area (Å²) in [6.45, 7) is 0.220. The third kappa shape index (κ3) is 2.84. The van der Waals surface area contributed by atoms with E-state index < -0.39 is 11.5 Å². The maximum absolute atomic E-state index is 12.3. The first-order chi connectivity index (χ1) is 12.1. The standard InChI is InChI=1S/C18H15N3O4/c22-15-2-1-3-16-12(15)7-13(18(24)25-16)17(23)20-9-11-6-10-8-19-5-4-14(10)21-11/h4-8,21H,1-3,9H2,(H,20,23). The van der Waals surface area contributed by atoms with Crippen molar-refractivity contribution in [2.75, 3.05) is 0 Å². The van der Waals surface area contributed by atoms with E-state index in [0.717, 1.165) is 16.6 Å². The molecule has 0 fully saturated rings. The lowest BCUT2D eigenvalue weighted by atomic mass is 9.95. The van der Waals surface area contributed by atoms with Gasteiger partial charge in [-0.15, -0.1) is 0 Å². The van der Waals surface area contributed by atoms with E-state index in [1.54, 1.807) is 12.4 Å². The lowest BCUT2D eigenvalue weighted by molar-refractivity contribution is 0.0945. The highest BCUT2D eigenvalue weighted by Gasteiger charge is 2.23. The molecule has 3 aromatic rings. The Kier molecular flexibility index (Phi) is 3.68. The quantitative estimate of drug-likeness (QED) is 0.760. The molecule has 1 amide bonds. The molecule has 1 aliphatic carbocycles.